The van der Waals surface area contributed by atoms with Gasteiger partial charge in [0.05, 0.1) is 41.3 Å². The fourth-order valence-corrected chi connectivity index (χ4v) is 10.8. The first-order chi connectivity index (χ1) is 27.6. The minimum absolute atomic E-state index is 0.0385. The van der Waals surface area contributed by atoms with Crippen molar-refractivity contribution in [1.82, 2.24) is 5.32 Å². The van der Waals surface area contributed by atoms with Gasteiger partial charge in [-0.2, -0.15) is 0 Å². The van der Waals surface area contributed by atoms with Gasteiger partial charge in [-0.05, 0) is 84.1 Å². The summed E-state index contributed by atoms with van der Waals surface area (Å²) in [5, 5.41) is 51.9. The van der Waals surface area contributed by atoms with Crippen LogP contribution in [-0.2, 0) is 42.8 Å². The Morgan fingerprint density at radius 2 is 1.57 bits per heavy atom. The zero-order valence-corrected chi connectivity index (χ0v) is 36.7. The molecule has 1 aliphatic heterocycles. The van der Waals surface area contributed by atoms with Crippen LogP contribution in [0.3, 0.4) is 0 Å². The summed E-state index contributed by atoms with van der Waals surface area (Å²) >= 11 is 0. The van der Waals surface area contributed by atoms with E-state index in [9.17, 15) is 44.4 Å². The molecular weight excluding hydrogens is 782 g/mol. The Balaban J connectivity index is 1.77. The van der Waals surface area contributed by atoms with E-state index in [-0.39, 0.29) is 42.1 Å². The first-order valence-corrected chi connectivity index (χ1v) is 20.5. The summed E-state index contributed by atoms with van der Waals surface area (Å²) in [5.41, 5.74) is -10.2. The van der Waals surface area contributed by atoms with Gasteiger partial charge in [-0.25, -0.2) is 14.4 Å². The number of rotatable bonds is 11. The maximum atomic E-state index is 14.6. The number of hydrogen-bond donors (Lipinski definition) is 5. The molecule has 1 heterocycles. The summed E-state index contributed by atoms with van der Waals surface area (Å²) in [7, 11) is 0. The second kappa shape index (κ2) is 16.3. The summed E-state index contributed by atoms with van der Waals surface area (Å²) in [6.07, 6.45) is -10.4. The fraction of sp³-hybridized carbons (Fsp3) is 0.705. The summed E-state index contributed by atoms with van der Waals surface area (Å²) < 4.78 is 36.4. The van der Waals surface area contributed by atoms with Crippen molar-refractivity contribution in [3.05, 3.63) is 47.0 Å². The molecule has 0 radical (unpaired) electrons. The minimum atomic E-state index is -2.14. The number of carbonyl (C=O) groups is 5. The van der Waals surface area contributed by atoms with Crippen molar-refractivity contribution in [2.75, 3.05) is 6.61 Å². The molecule has 0 bridgehead atoms. The van der Waals surface area contributed by atoms with Crippen LogP contribution in [0.1, 0.15) is 113 Å². The van der Waals surface area contributed by atoms with E-state index >= 15 is 0 Å². The lowest BCUT2D eigenvalue weighted by atomic mass is 9.45. The molecular formula is C44H63NO15. The zero-order chi connectivity index (χ0) is 45.1. The Morgan fingerprint density at radius 1 is 0.950 bits per heavy atom. The zero-order valence-electron chi connectivity index (χ0n) is 36.7. The van der Waals surface area contributed by atoms with Crippen molar-refractivity contribution in [1.29, 1.82) is 0 Å². The molecule has 4 aliphatic rings. The quantitative estimate of drug-likeness (QED) is 0.121. The highest BCUT2D eigenvalue weighted by atomic mass is 16.6. The van der Waals surface area contributed by atoms with Crippen molar-refractivity contribution in [2.45, 2.75) is 167 Å². The van der Waals surface area contributed by atoms with Crippen molar-refractivity contribution in [3.63, 3.8) is 0 Å². The number of esters is 4. The molecule has 1 amide bonds. The summed E-state index contributed by atoms with van der Waals surface area (Å²) in [5.74, 6) is -5.13. The molecule has 2 saturated carbocycles. The number of carbonyl (C=O) groups excluding carboxylic acids is 5. The molecule has 5 N–H and O–H groups in total. The van der Waals surface area contributed by atoms with Gasteiger partial charge in [-0.3, -0.25) is 9.59 Å². The number of amides is 1. The summed E-state index contributed by atoms with van der Waals surface area (Å²) in [6, 6.07) is 6.82. The normalized spacial score (nSPS) is 34.7. The first-order valence-electron chi connectivity index (χ1n) is 20.5. The molecule has 3 aliphatic carbocycles. The number of aliphatic hydroxyl groups excluding tert-OH is 3. The lowest BCUT2D eigenvalue weighted by Crippen LogP contribution is -2.81. The molecule has 60 heavy (non-hydrogen) atoms. The lowest BCUT2D eigenvalue weighted by molar-refractivity contribution is -0.366. The smallest absolute Gasteiger partial charge is 0.407 e. The highest BCUT2D eigenvalue weighted by molar-refractivity contribution is 5.90. The third-order valence-electron chi connectivity index (χ3n) is 13.1. The number of ether oxygens (including phenoxy) is 6. The summed E-state index contributed by atoms with van der Waals surface area (Å²) in [4.78, 5) is 67.7. The van der Waals surface area contributed by atoms with Crippen molar-refractivity contribution in [2.24, 2.45) is 22.7 Å². The highest BCUT2D eigenvalue weighted by Crippen LogP contribution is 2.72. The largest absolute Gasteiger partial charge is 0.456 e. The van der Waals surface area contributed by atoms with E-state index in [0.29, 0.717) is 0 Å². The second-order valence-electron chi connectivity index (χ2n) is 19.3. The monoisotopic (exact) mass is 845 g/mol. The summed E-state index contributed by atoms with van der Waals surface area (Å²) in [6.45, 7) is 18.2. The van der Waals surface area contributed by atoms with Crippen LogP contribution < -0.4 is 5.32 Å². The molecule has 0 spiro atoms. The topological polar surface area (TPSA) is 234 Å². The van der Waals surface area contributed by atoms with E-state index in [4.69, 9.17) is 28.4 Å². The molecule has 334 valence electrons. The van der Waals surface area contributed by atoms with Gasteiger partial charge in [0.25, 0.3) is 0 Å². The standard InChI is InChI=1S/C44H63NO15/c1-22(2)18-27(45-38(53)60-39(6,7)8)32(49)36(52)57-28-20-44(40(9,10)54)31(23(28)3)33(56-24(4)46)34(50)41(11)29(48)19-30-43(21-55-30,58-25(5)47)37(41)42(44,12)59-35(51)26-16-14-13-15-17-26/h13-17,22,27-30,32-34,37,48-50,54H,18-21H2,1-12H3,(H,45,53)/t27-,28-,29-,30?,32?,33-,34-,37?,41-,42-,43-,44+/m0/s1. The average Bonchev–Trinajstić information content (AvgIpc) is 3.39. The van der Waals surface area contributed by atoms with E-state index in [1.807, 2.05) is 13.8 Å². The number of benzene rings is 1. The minimum Gasteiger partial charge on any atom is -0.456 e. The van der Waals surface area contributed by atoms with Gasteiger partial charge in [0.1, 0.15) is 29.5 Å². The van der Waals surface area contributed by atoms with Gasteiger partial charge in [-0.1, -0.05) is 39.0 Å². The molecule has 3 fully saturated rings. The van der Waals surface area contributed by atoms with Gasteiger partial charge < -0.3 is 54.2 Å². The molecule has 12 atom stereocenters. The van der Waals surface area contributed by atoms with Gasteiger partial charge in [0, 0.05) is 32.1 Å². The van der Waals surface area contributed by atoms with Gasteiger partial charge in [-0.15, -0.1) is 0 Å². The number of nitrogens with one attached hydrogen (secondary N) is 1. The number of alkyl carbamates (subject to hydrolysis) is 1. The van der Waals surface area contributed by atoms with E-state index in [0.717, 1.165) is 6.92 Å². The SMILES string of the molecule is CC(=O)O[C@H]1C2=C(C)[C@@H](OC(=O)C(O)[C@H](CC(C)C)NC(=O)OC(C)(C)C)C[C@@]2(C(C)(C)O)[C@@](C)(OC(=O)c2ccccc2)C2[C@]3(OC(C)=O)COC3C[C@H](O)[C@@]2(C)[C@H]1O. The molecule has 1 saturated heterocycles. The fourth-order valence-electron chi connectivity index (χ4n) is 10.8. The van der Waals surface area contributed by atoms with Gasteiger partial charge >= 0.3 is 30.0 Å². The Morgan fingerprint density at radius 3 is 2.07 bits per heavy atom. The predicted molar refractivity (Wildman–Crippen MR) is 213 cm³/mol. The Bertz CT molecular complexity index is 1870. The third-order valence-corrected chi connectivity index (χ3v) is 13.1. The predicted octanol–water partition coefficient (Wildman–Crippen LogP) is 3.69. The number of hydrogen-bond acceptors (Lipinski definition) is 15. The van der Waals surface area contributed by atoms with Crippen LogP contribution in [0.2, 0.25) is 0 Å². The van der Waals surface area contributed by atoms with Gasteiger partial charge in [0.15, 0.2) is 17.8 Å². The van der Waals surface area contributed by atoms with Crippen LogP contribution >= 0.6 is 0 Å². The lowest BCUT2D eigenvalue weighted by Gasteiger charge is -2.68. The molecule has 5 rings (SSSR count). The van der Waals surface area contributed by atoms with E-state index in [1.165, 1.54) is 46.8 Å². The van der Waals surface area contributed by atoms with Crippen LogP contribution in [0.15, 0.2) is 41.5 Å². The third kappa shape index (κ3) is 7.94. The molecule has 16 heteroatoms. The maximum Gasteiger partial charge on any atom is 0.407 e. The highest BCUT2D eigenvalue weighted by Gasteiger charge is 2.83. The molecule has 3 unspecified atom stereocenters. The van der Waals surface area contributed by atoms with E-state index < -0.39 is 118 Å². The van der Waals surface area contributed by atoms with Crippen LogP contribution in [0, 0.1) is 22.7 Å². The van der Waals surface area contributed by atoms with Crippen LogP contribution in [0.25, 0.3) is 0 Å². The molecule has 0 aromatic heterocycles. The van der Waals surface area contributed by atoms with Crippen molar-refractivity contribution >= 4 is 30.0 Å². The van der Waals surface area contributed by atoms with Crippen LogP contribution in [0.5, 0.6) is 0 Å². The second-order valence-corrected chi connectivity index (χ2v) is 19.3. The van der Waals surface area contributed by atoms with Crippen LogP contribution in [-0.4, -0.2) is 122 Å². The molecule has 1 aromatic rings. The van der Waals surface area contributed by atoms with Crippen molar-refractivity contribution in [3.8, 4) is 0 Å². The number of fused-ring (bicyclic) bond motifs is 4. The molecule has 16 nitrogen and oxygen atoms in total. The Kier molecular flexibility index (Phi) is 12.8. The number of aliphatic hydroxyl groups is 4. The maximum absolute atomic E-state index is 14.6. The van der Waals surface area contributed by atoms with E-state index in [2.05, 4.69) is 5.32 Å². The van der Waals surface area contributed by atoms with Crippen LogP contribution in [0.4, 0.5) is 4.79 Å². The van der Waals surface area contributed by atoms with Gasteiger partial charge in [0.2, 0.25) is 0 Å². The van der Waals surface area contributed by atoms with E-state index in [1.54, 1.807) is 45.9 Å². The average molecular weight is 846 g/mol. The Hall–Kier alpha value is -4.09. The first kappa shape index (κ1) is 47.0. The van der Waals surface area contributed by atoms with Crippen molar-refractivity contribution < 1.29 is 72.8 Å². The molecule has 1 aromatic carbocycles. The Labute approximate surface area is 351 Å².